The Morgan fingerprint density at radius 3 is 2.37 bits per heavy atom. The lowest BCUT2D eigenvalue weighted by Gasteiger charge is -2.21. The molecule has 27 heavy (non-hydrogen) atoms. The highest BCUT2D eigenvalue weighted by Crippen LogP contribution is 2.21. The van der Waals surface area contributed by atoms with Gasteiger partial charge in [-0.25, -0.2) is 13.8 Å². The Labute approximate surface area is 158 Å². The maximum Gasteiger partial charge on any atom is 0.260 e. The van der Waals surface area contributed by atoms with Crippen LogP contribution in [-0.4, -0.2) is 45.1 Å². The molecule has 0 aliphatic rings. The van der Waals surface area contributed by atoms with Crippen molar-refractivity contribution in [1.82, 2.24) is 5.43 Å². The molecule has 0 aliphatic carbocycles. The first kappa shape index (κ1) is 20.2. The van der Waals surface area contributed by atoms with Crippen LogP contribution in [0.25, 0.3) is 0 Å². The van der Waals surface area contributed by atoms with Crippen LogP contribution >= 0.6 is 0 Å². The van der Waals surface area contributed by atoms with Gasteiger partial charge < -0.3 is 9.84 Å². The van der Waals surface area contributed by atoms with Crippen LogP contribution < -0.4 is 14.5 Å². The summed E-state index contributed by atoms with van der Waals surface area (Å²) in [6.07, 6.45) is 1.01. The zero-order valence-electron chi connectivity index (χ0n) is 15.2. The van der Waals surface area contributed by atoms with Gasteiger partial charge in [-0.05, 0) is 43.3 Å². The predicted molar refractivity (Wildman–Crippen MR) is 104 cm³/mol. The first-order valence-corrected chi connectivity index (χ1v) is 9.80. The van der Waals surface area contributed by atoms with Gasteiger partial charge in [-0.15, -0.1) is 0 Å². The first-order valence-electron chi connectivity index (χ1n) is 7.95. The van der Waals surface area contributed by atoms with E-state index in [1.807, 2.05) is 0 Å². The summed E-state index contributed by atoms with van der Waals surface area (Å²) in [4.78, 5) is 12.2. The van der Waals surface area contributed by atoms with E-state index in [-0.39, 0.29) is 5.75 Å². The molecule has 2 rings (SSSR count). The smallest absolute Gasteiger partial charge is 0.260 e. The lowest BCUT2D eigenvalue weighted by atomic mass is 10.1. The number of hydrogen-bond acceptors (Lipinski definition) is 6. The third-order valence-corrected chi connectivity index (χ3v) is 4.83. The van der Waals surface area contributed by atoms with Gasteiger partial charge in [-0.3, -0.25) is 9.10 Å². The van der Waals surface area contributed by atoms with Gasteiger partial charge in [0.05, 0.1) is 24.8 Å². The number of hydrazone groups is 1. The fourth-order valence-corrected chi connectivity index (χ4v) is 3.16. The highest BCUT2D eigenvalue weighted by atomic mass is 32.2. The Bertz CT molecular complexity index is 940. The van der Waals surface area contributed by atoms with E-state index in [1.165, 1.54) is 13.2 Å². The number of phenols is 1. The van der Waals surface area contributed by atoms with Gasteiger partial charge in [0, 0.05) is 5.56 Å². The molecular formula is C18H21N3O5S. The fourth-order valence-electron chi connectivity index (χ4n) is 2.30. The lowest BCUT2D eigenvalue weighted by Crippen LogP contribution is -2.39. The molecule has 0 saturated carbocycles. The molecular weight excluding hydrogens is 370 g/mol. The van der Waals surface area contributed by atoms with E-state index in [0.717, 1.165) is 10.6 Å². The SMILES string of the molecule is COc1ccc(N(CC(=O)NN=C(C)c2ccccc2O)S(C)(=O)=O)cc1. The van der Waals surface area contributed by atoms with Gasteiger partial charge >= 0.3 is 0 Å². The van der Waals surface area contributed by atoms with Crippen LogP contribution in [0.3, 0.4) is 0 Å². The van der Waals surface area contributed by atoms with Crippen LogP contribution in [0.4, 0.5) is 5.69 Å². The summed E-state index contributed by atoms with van der Waals surface area (Å²) in [6, 6.07) is 12.9. The molecule has 0 fully saturated rings. The maximum absolute atomic E-state index is 12.2. The number of carbonyl (C=O) groups excluding carboxylic acids is 1. The van der Waals surface area contributed by atoms with Crippen molar-refractivity contribution >= 4 is 27.3 Å². The minimum atomic E-state index is -3.69. The Kier molecular flexibility index (Phi) is 6.40. The molecule has 0 spiro atoms. The summed E-state index contributed by atoms with van der Waals surface area (Å²) in [7, 11) is -2.19. The number of carbonyl (C=O) groups is 1. The standard InChI is InChI=1S/C18H21N3O5S/c1-13(16-6-4-5-7-17(16)22)19-20-18(23)12-21(27(3,24)25)14-8-10-15(26-2)11-9-14/h4-11,22H,12H2,1-3H3,(H,20,23). The molecule has 2 N–H and O–H groups in total. The molecule has 0 atom stereocenters. The summed E-state index contributed by atoms with van der Waals surface area (Å²) < 4.78 is 30.2. The lowest BCUT2D eigenvalue weighted by molar-refractivity contribution is -0.119. The van der Waals surface area contributed by atoms with E-state index in [0.29, 0.717) is 22.7 Å². The number of anilines is 1. The van der Waals surface area contributed by atoms with Crippen LogP contribution in [0.1, 0.15) is 12.5 Å². The Morgan fingerprint density at radius 2 is 1.81 bits per heavy atom. The number of amides is 1. The minimum absolute atomic E-state index is 0.0315. The monoisotopic (exact) mass is 391 g/mol. The molecule has 0 unspecified atom stereocenters. The fraction of sp³-hybridized carbons (Fsp3) is 0.222. The maximum atomic E-state index is 12.2. The summed E-state index contributed by atoms with van der Waals surface area (Å²) in [5.74, 6) is -0.0189. The van der Waals surface area contributed by atoms with Crippen molar-refractivity contribution in [3.05, 3.63) is 54.1 Å². The van der Waals surface area contributed by atoms with Gasteiger partial charge in [0.2, 0.25) is 10.0 Å². The quantitative estimate of drug-likeness (QED) is 0.552. The van der Waals surface area contributed by atoms with E-state index in [9.17, 15) is 18.3 Å². The second kappa shape index (κ2) is 8.54. The molecule has 9 heteroatoms. The topological polar surface area (TPSA) is 108 Å². The molecule has 0 bridgehead atoms. The Morgan fingerprint density at radius 1 is 1.19 bits per heavy atom. The zero-order chi connectivity index (χ0) is 20.0. The summed E-state index contributed by atoms with van der Waals surface area (Å²) >= 11 is 0. The molecule has 0 radical (unpaired) electrons. The number of benzene rings is 2. The van der Waals surface area contributed by atoms with Gasteiger partial charge in [0.25, 0.3) is 5.91 Å². The van der Waals surface area contributed by atoms with Crippen molar-refractivity contribution in [2.45, 2.75) is 6.92 Å². The molecule has 144 valence electrons. The van der Waals surface area contributed by atoms with E-state index >= 15 is 0 Å². The van der Waals surface area contributed by atoms with E-state index < -0.39 is 22.5 Å². The van der Waals surface area contributed by atoms with Crippen molar-refractivity contribution in [2.24, 2.45) is 5.10 Å². The second-order valence-electron chi connectivity index (χ2n) is 5.72. The number of aromatic hydroxyl groups is 1. The number of sulfonamides is 1. The molecule has 0 heterocycles. The van der Waals surface area contributed by atoms with Crippen LogP contribution in [0.5, 0.6) is 11.5 Å². The van der Waals surface area contributed by atoms with Crippen LogP contribution in [-0.2, 0) is 14.8 Å². The van der Waals surface area contributed by atoms with Crippen molar-refractivity contribution in [1.29, 1.82) is 0 Å². The average Bonchev–Trinajstić information content (AvgIpc) is 2.64. The molecule has 2 aromatic rings. The van der Waals surface area contributed by atoms with Crippen molar-refractivity contribution in [3.8, 4) is 11.5 Å². The van der Waals surface area contributed by atoms with Crippen LogP contribution in [0, 0.1) is 0 Å². The largest absolute Gasteiger partial charge is 0.507 e. The number of nitrogens with zero attached hydrogens (tertiary/aromatic N) is 2. The van der Waals surface area contributed by atoms with Crippen LogP contribution in [0.15, 0.2) is 53.6 Å². The first-order chi connectivity index (χ1) is 12.7. The molecule has 0 aliphatic heterocycles. The number of hydrogen-bond donors (Lipinski definition) is 2. The summed E-state index contributed by atoms with van der Waals surface area (Å²) in [5, 5.41) is 13.7. The zero-order valence-corrected chi connectivity index (χ0v) is 16.0. The predicted octanol–water partition coefficient (Wildman–Crippen LogP) is 1.71. The molecule has 8 nitrogen and oxygen atoms in total. The Balaban J connectivity index is 2.14. The minimum Gasteiger partial charge on any atom is -0.507 e. The van der Waals surface area contributed by atoms with Crippen LogP contribution in [0.2, 0.25) is 0 Å². The van der Waals surface area contributed by atoms with Crippen molar-refractivity contribution in [2.75, 3.05) is 24.2 Å². The third kappa shape index (κ3) is 5.45. The molecule has 2 aromatic carbocycles. The molecule has 0 saturated heterocycles. The van der Waals surface area contributed by atoms with E-state index in [4.69, 9.17) is 4.74 Å². The normalized spacial score (nSPS) is 11.7. The number of para-hydroxylation sites is 1. The highest BCUT2D eigenvalue weighted by Gasteiger charge is 2.21. The van der Waals surface area contributed by atoms with Crippen molar-refractivity contribution < 1.29 is 23.1 Å². The van der Waals surface area contributed by atoms with Gasteiger partial charge in [0.1, 0.15) is 18.0 Å². The molecule has 1 amide bonds. The van der Waals surface area contributed by atoms with Gasteiger partial charge in [-0.1, -0.05) is 12.1 Å². The Hall–Kier alpha value is -3.07. The highest BCUT2D eigenvalue weighted by molar-refractivity contribution is 7.92. The third-order valence-electron chi connectivity index (χ3n) is 3.69. The summed E-state index contributed by atoms with van der Waals surface area (Å²) in [5.41, 5.74) is 3.49. The van der Waals surface area contributed by atoms with Gasteiger partial charge in [-0.2, -0.15) is 5.10 Å². The summed E-state index contributed by atoms with van der Waals surface area (Å²) in [6.45, 7) is 1.18. The number of phenolic OH excluding ortho intramolecular Hbond substituents is 1. The number of methoxy groups -OCH3 is 1. The second-order valence-corrected chi connectivity index (χ2v) is 7.62. The number of nitrogens with one attached hydrogen (secondary N) is 1. The number of rotatable bonds is 7. The average molecular weight is 391 g/mol. The van der Waals surface area contributed by atoms with Gasteiger partial charge in [0.15, 0.2) is 0 Å². The van der Waals surface area contributed by atoms with Crippen molar-refractivity contribution in [3.63, 3.8) is 0 Å². The molecule has 0 aromatic heterocycles. The van der Waals surface area contributed by atoms with E-state index in [2.05, 4.69) is 10.5 Å². The van der Waals surface area contributed by atoms with E-state index in [1.54, 1.807) is 49.4 Å². The number of ether oxygens (including phenoxy) is 1.